The minimum absolute atomic E-state index is 0.0884. The van der Waals surface area contributed by atoms with Crippen molar-refractivity contribution < 1.29 is 23.8 Å². The Morgan fingerprint density at radius 2 is 1.30 bits per heavy atom. The first kappa shape index (κ1) is 35.8. The Morgan fingerprint density at radius 1 is 0.721 bits per heavy atom. The number of ether oxygens (including phenoxy) is 3. The number of hydrazone groups is 1. The molecule has 1 N–H and O–H groups in total. The van der Waals surface area contributed by atoms with E-state index in [0.717, 1.165) is 19.3 Å². The minimum atomic E-state index is -0.493. The third kappa shape index (κ3) is 16.2. The SMILES string of the molecule is CCCCCCCCCCCCCCCCCC(=O)N/N=C/c1ccc(OC(=O)c2ccc(OCCC)cc2)c(OC)c1. The molecule has 0 heterocycles. The average molecular weight is 595 g/mol. The summed E-state index contributed by atoms with van der Waals surface area (Å²) in [5.74, 6) is 0.821. The number of unbranched alkanes of at least 4 members (excludes halogenated alkanes) is 14. The van der Waals surface area contributed by atoms with Gasteiger partial charge in [0.2, 0.25) is 5.91 Å². The number of hydrogen-bond acceptors (Lipinski definition) is 6. The minimum Gasteiger partial charge on any atom is -0.494 e. The lowest BCUT2D eigenvalue weighted by Crippen LogP contribution is -2.16. The first-order chi connectivity index (χ1) is 21.1. The van der Waals surface area contributed by atoms with Crippen molar-refractivity contribution in [3.8, 4) is 17.2 Å². The molecule has 0 unspecified atom stereocenters. The molecular weight excluding hydrogens is 540 g/mol. The van der Waals surface area contributed by atoms with Crippen LogP contribution >= 0.6 is 0 Å². The Kier molecular flexibility index (Phi) is 19.3. The second kappa shape index (κ2) is 23.1. The van der Waals surface area contributed by atoms with Crippen LogP contribution in [-0.4, -0.2) is 31.8 Å². The zero-order chi connectivity index (χ0) is 31.0. The van der Waals surface area contributed by atoms with Gasteiger partial charge < -0.3 is 14.2 Å². The van der Waals surface area contributed by atoms with Gasteiger partial charge in [-0.25, -0.2) is 10.2 Å². The van der Waals surface area contributed by atoms with E-state index in [2.05, 4.69) is 17.5 Å². The second-order valence-electron chi connectivity index (χ2n) is 11.2. The monoisotopic (exact) mass is 594 g/mol. The highest BCUT2D eigenvalue weighted by Gasteiger charge is 2.13. The molecule has 43 heavy (non-hydrogen) atoms. The summed E-state index contributed by atoms with van der Waals surface area (Å²) in [5, 5.41) is 4.07. The Morgan fingerprint density at radius 3 is 1.86 bits per heavy atom. The fourth-order valence-corrected chi connectivity index (χ4v) is 4.81. The maximum atomic E-state index is 12.6. The number of rotatable bonds is 24. The molecule has 7 heteroatoms. The van der Waals surface area contributed by atoms with E-state index in [1.807, 2.05) is 6.92 Å². The van der Waals surface area contributed by atoms with Gasteiger partial charge in [-0.3, -0.25) is 4.79 Å². The molecule has 7 nitrogen and oxygen atoms in total. The first-order valence-electron chi connectivity index (χ1n) is 16.5. The predicted octanol–water partition coefficient (Wildman–Crippen LogP) is 9.41. The molecule has 0 spiro atoms. The molecule has 2 aromatic carbocycles. The number of methoxy groups -OCH3 is 1. The van der Waals surface area contributed by atoms with E-state index in [4.69, 9.17) is 14.2 Å². The second-order valence-corrected chi connectivity index (χ2v) is 11.2. The summed E-state index contributed by atoms with van der Waals surface area (Å²) in [6.07, 6.45) is 22.4. The summed E-state index contributed by atoms with van der Waals surface area (Å²) in [6.45, 7) is 4.93. The van der Waals surface area contributed by atoms with Crippen LogP contribution in [0.3, 0.4) is 0 Å². The van der Waals surface area contributed by atoms with Crippen molar-refractivity contribution in [3.63, 3.8) is 0 Å². The van der Waals surface area contributed by atoms with Crippen LogP contribution in [0.4, 0.5) is 0 Å². The third-order valence-electron chi connectivity index (χ3n) is 7.36. The van der Waals surface area contributed by atoms with Crippen LogP contribution in [0.5, 0.6) is 17.2 Å². The lowest BCUT2D eigenvalue weighted by molar-refractivity contribution is -0.121. The number of esters is 1. The molecule has 0 aromatic heterocycles. The van der Waals surface area contributed by atoms with Gasteiger partial charge >= 0.3 is 5.97 Å². The van der Waals surface area contributed by atoms with Crippen LogP contribution in [0, 0.1) is 0 Å². The maximum absolute atomic E-state index is 12.6. The molecule has 0 atom stereocenters. The zero-order valence-corrected chi connectivity index (χ0v) is 26.8. The van der Waals surface area contributed by atoms with Crippen LogP contribution in [0.2, 0.25) is 0 Å². The summed E-state index contributed by atoms with van der Waals surface area (Å²) < 4.78 is 16.5. The first-order valence-corrected chi connectivity index (χ1v) is 16.5. The molecule has 0 radical (unpaired) electrons. The van der Waals surface area contributed by atoms with Gasteiger partial charge in [0, 0.05) is 6.42 Å². The Hall–Kier alpha value is -3.35. The molecule has 0 bridgehead atoms. The maximum Gasteiger partial charge on any atom is 0.343 e. The lowest BCUT2D eigenvalue weighted by Gasteiger charge is -2.10. The van der Waals surface area contributed by atoms with Crippen molar-refractivity contribution in [2.45, 2.75) is 123 Å². The fourth-order valence-electron chi connectivity index (χ4n) is 4.81. The fraction of sp³-hybridized carbons (Fsp3) is 0.583. The molecule has 0 fully saturated rings. The zero-order valence-electron chi connectivity index (χ0n) is 26.8. The lowest BCUT2D eigenvalue weighted by atomic mass is 10.0. The molecule has 238 valence electrons. The molecule has 2 aromatic rings. The number of carbonyl (C=O) groups is 2. The Bertz CT molecular complexity index is 1070. The van der Waals surface area contributed by atoms with Crippen molar-refractivity contribution >= 4 is 18.1 Å². The molecule has 0 saturated carbocycles. The van der Waals surface area contributed by atoms with E-state index >= 15 is 0 Å². The molecule has 1 amide bonds. The third-order valence-corrected chi connectivity index (χ3v) is 7.36. The van der Waals surface area contributed by atoms with Gasteiger partial charge in [-0.2, -0.15) is 5.10 Å². The van der Waals surface area contributed by atoms with Crippen molar-refractivity contribution in [1.82, 2.24) is 5.43 Å². The number of benzene rings is 2. The Balaban J connectivity index is 1.58. The molecule has 0 aliphatic heterocycles. The van der Waals surface area contributed by atoms with Gasteiger partial charge in [0.1, 0.15) is 5.75 Å². The summed E-state index contributed by atoms with van der Waals surface area (Å²) in [7, 11) is 1.51. The number of carbonyl (C=O) groups excluding carboxylic acids is 2. The van der Waals surface area contributed by atoms with E-state index < -0.39 is 5.97 Å². The van der Waals surface area contributed by atoms with Crippen LogP contribution in [-0.2, 0) is 4.79 Å². The van der Waals surface area contributed by atoms with Gasteiger partial charge in [-0.15, -0.1) is 0 Å². The van der Waals surface area contributed by atoms with Crippen LogP contribution in [0.25, 0.3) is 0 Å². The standard InChI is InChI=1S/C36H54N2O5/c1-4-6-7-8-9-10-11-12-13-14-15-16-17-18-19-20-35(39)38-37-29-30-21-26-33(34(28-30)41-3)43-36(40)31-22-24-32(25-23-31)42-27-5-2/h21-26,28-29H,4-20,27H2,1-3H3,(H,38,39)/b37-29+. The quantitative estimate of drug-likeness (QED) is 0.0430. The van der Waals surface area contributed by atoms with Gasteiger partial charge in [-0.1, -0.05) is 104 Å². The highest BCUT2D eigenvalue weighted by atomic mass is 16.6. The van der Waals surface area contributed by atoms with Gasteiger partial charge in [-0.05, 0) is 60.9 Å². The molecule has 0 saturated heterocycles. The largest absolute Gasteiger partial charge is 0.494 e. The highest BCUT2D eigenvalue weighted by molar-refractivity contribution is 5.91. The number of nitrogens with one attached hydrogen (secondary N) is 1. The summed E-state index contributed by atoms with van der Waals surface area (Å²) in [4.78, 5) is 24.8. The van der Waals surface area contributed by atoms with Crippen molar-refractivity contribution in [3.05, 3.63) is 53.6 Å². The van der Waals surface area contributed by atoms with Gasteiger partial charge in [0.05, 0.1) is 25.5 Å². The molecular formula is C36H54N2O5. The average Bonchev–Trinajstić information content (AvgIpc) is 3.02. The predicted molar refractivity (Wildman–Crippen MR) is 175 cm³/mol. The van der Waals surface area contributed by atoms with Crippen molar-refractivity contribution in [2.75, 3.05) is 13.7 Å². The van der Waals surface area contributed by atoms with E-state index in [0.29, 0.717) is 41.4 Å². The van der Waals surface area contributed by atoms with Crippen LogP contribution < -0.4 is 19.6 Å². The summed E-state index contributed by atoms with van der Waals surface area (Å²) in [5.41, 5.74) is 3.72. The summed E-state index contributed by atoms with van der Waals surface area (Å²) >= 11 is 0. The van der Waals surface area contributed by atoms with Crippen molar-refractivity contribution in [1.29, 1.82) is 0 Å². The smallest absolute Gasteiger partial charge is 0.343 e. The molecule has 0 aliphatic carbocycles. The summed E-state index contributed by atoms with van der Waals surface area (Å²) in [6, 6.07) is 11.9. The van der Waals surface area contributed by atoms with Crippen LogP contribution in [0.1, 0.15) is 139 Å². The van der Waals surface area contributed by atoms with Gasteiger partial charge in [0.25, 0.3) is 0 Å². The number of hydrogen-bond donors (Lipinski definition) is 1. The number of amides is 1. The van der Waals surface area contributed by atoms with Gasteiger partial charge in [0.15, 0.2) is 11.5 Å². The van der Waals surface area contributed by atoms with Crippen LogP contribution in [0.15, 0.2) is 47.6 Å². The van der Waals surface area contributed by atoms with E-state index in [1.54, 1.807) is 48.7 Å². The Labute approximate surface area is 259 Å². The topological polar surface area (TPSA) is 86.2 Å². The van der Waals surface area contributed by atoms with E-state index in [-0.39, 0.29) is 5.91 Å². The molecule has 2 rings (SSSR count). The number of nitrogens with zero attached hydrogens (tertiary/aromatic N) is 1. The van der Waals surface area contributed by atoms with E-state index in [9.17, 15) is 9.59 Å². The van der Waals surface area contributed by atoms with Crippen molar-refractivity contribution in [2.24, 2.45) is 5.10 Å². The normalized spacial score (nSPS) is 11.0. The molecule has 0 aliphatic rings. The van der Waals surface area contributed by atoms with E-state index in [1.165, 1.54) is 90.6 Å². The highest BCUT2D eigenvalue weighted by Crippen LogP contribution is 2.28.